The lowest BCUT2D eigenvalue weighted by molar-refractivity contribution is -0.200. The molecule has 0 aliphatic carbocycles. The maximum absolute atomic E-state index is 13.2. The smallest absolute Gasteiger partial charge is 0.425 e. The molecule has 1 spiro atoms. The van der Waals surface area contributed by atoms with Gasteiger partial charge in [0.25, 0.3) is 0 Å². The van der Waals surface area contributed by atoms with E-state index in [0.717, 1.165) is 19.1 Å². The highest BCUT2D eigenvalue weighted by Gasteiger charge is 2.46. The number of ether oxygens (including phenoxy) is 1. The number of rotatable bonds is 4. The normalized spacial score (nSPS) is 20.0. The van der Waals surface area contributed by atoms with Crippen molar-refractivity contribution in [2.45, 2.75) is 44.8 Å². The molecule has 0 saturated carbocycles. The molecule has 6 nitrogen and oxygen atoms in total. The third kappa shape index (κ3) is 5.28. The van der Waals surface area contributed by atoms with Gasteiger partial charge in [-0.05, 0) is 42.9 Å². The van der Waals surface area contributed by atoms with Gasteiger partial charge in [0.05, 0.1) is 11.1 Å². The molecule has 0 aromatic heterocycles. The second-order valence-electron chi connectivity index (χ2n) is 8.38. The number of carbonyl (C=O) groups excluding carboxylic acids is 1. The van der Waals surface area contributed by atoms with E-state index in [4.69, 9.17) is 5.11 Å². The molecule has 1 aromatic rings. The number of benzene rings is 1. The minimum atomic E-state index is -4.79. The van der Waals surface area contributed by atoms with Crippen LogP contribution < -0.4 is 0 Å². The Hall–Kier alpha value is -2.50. The highest BCUT2D eigenvalue weighted by Crippen LogP contribution is 2.42. The summed E-state index contributed by atoms with van der Waals surface area (Å²) >= 11 is 0. The topological polar surface area (TPSA) is 70.1 Å². The van der Waals surface area contributed by atoms with Crippen LogP contribution >= 0.6 is 0 Å². The standard InChI is InChI=1S/C20H22F6N2O4/c1-12(19(21,22)23)32-17(31)28-6-4-18(5-7-28)10-27(11-18)9-13-2-3-14(16(29)30)15(8-13)20(24,25)26/h2-3,8,12H,4-7,9-11H2,1H3,(H,29,30). The summed E-state index contributed by atoms with van der Waals surface area (Å²) in [6.07, 6.45) is -11.5. The Morgan fingerprint density at radius 2 is 1.72 bits per heavy atom. The zero-order valence-electron chi connectivity index (χ0n) is 17.1. The van der Waals surface area contributed by atoms with Gasteiger partial charge in [0.1, 0.15) is 0 Å². The van der Waals surface area contributed by atoms with Crippen LogP contribution in [0.4, 0.5) is 31.1 Å². The Morgan fingerprint density at radius 1 is 1.12 bits per heavy atom. The SMILES string of the molecule is CC(OC(=O)N1CCC2(CC1)CN(Cc1ccc(C(=O)O)c(C(F)(F)F)c1)C2)C(F)(F)F. The first kappa shape index (κ1) is 24.1. The lowest BCUT2D eigenvalue weighted by Gasteiger charge is -2.54. The van der Waals surface area contributed by atoms with Crippen molar-refractivity contribution in [2.75, 3.05) is 26.2 Å². The third-order valence-corrected chi connectivity index (χ3v) is 5.96. The molecule has 12 heteroatoms. The van der Waals surface area contributed by atoms with Crippen LogP contribution in [-0.4, -0.2) is 65.4 Å². The molecule has 1 amide bonds. The quantitative estimate of drug-likeness (QED) is 0.664. The van der Waals surface area contributed by atoms with Crippen LogP contribution in [0, 0.1) is 5.41 Å². The molecule has 0 radical (unpaired) electrons. The molecule has 3 rings (SSSR count). The first-order valence-corrected chi connectivity index (χ1v) is 9.88. The summed E-state index contributed by atoms with van der Waals surface area (Å²) in [5.74, 6) is -1.65. The van der Waals surface area contributed by atoms with Crippen molar-refractivity contribution in [3.63, 3.8) is 0 Å². The van der Waals surface area contributed by atoms with Gasteiger partial charge < -0.3 is 14.7 Å². The number of piperidine rings is 1. The van der Waals surface area contributed by atoms with Gasteiger partial charge in [-0.2, -0.15) is 26.3 Å². The van der Waals surface area contributed by atoms with Crippen LogP contribution in [0.5, 0.6) is 0 Å². The molecular formula is C20H22F6N2O4. The van der Waals surface area contributed by atoms with Gasteiger partial charge in [0.2, 0.25) is 0 Å². The average Bonchev–Trinajstić information content (AvgIpc) is 2.65. The summed E-state index contributed by atoms with van der Waals surface area (Å²) in [6, 6.07) is 3.14. The largest absolute Gasteiger partial charge is 0.478 e. The molecule has 2 heterocycles. The lowest BCUT2D eigenvalue weighted by Crippen LogP contribution is -2.60. The molecule has 178 valence electrons. The van der Waals surface area contributed by atoms with Crippen LogP contribution in [0.25, 0.3) is 0 Å². The Bertz CT molecular complexity index is 870. The van der Waals surface area contributed by atoms with E-state index in [1.54, 1.807) is 0 Å². The van der Waals surface area contributed by atoms with Gasteiger partial charge in [-0.15, -0.1) is 0 Å². The van der Waals surface area contributed by atoms with Crippen LogP contribution in [-0.2, 0) is 17.5 Å². The van der Waals surface area contributed by atoms with E-state index in [1.807, 2.05) is 4.90 Å². The Labute approximate surface area is 179 Å². The summed E-state index contributed by atoms with van der Waals surface area (Å²) in [7, 11) is 0. The summed E-state index contributed by atoms with van der Waals surface area (Å²) < 4.78 is 81.6. The van der Waals surface area contributed by atoms with Crippen molar-refractivity contribution < 1.29 is 45.8 Å². The monoisotopic (exact) mass is 468 g/mol. The van der Waals surface area contributed by atoms with E-state index in [9.17, 15) is 35.9 Å². The molecule has 32 heavy (non-hydrogen) atoms. The minimum absolute atomic E-state index is 0.152. The number of carbonyl (C=O) groups is 2. The second kappa shape index (κ2) is 8.45. The van der Waals surface area contributed by atoms with Gasteiger partial charge in [-0.1, -0.05) is 6.07 Å². The number of amides is 1. The van der Waals surface area contributed by atoms with Crippen molar-refractivity contribution >= 4 is 12.1 Å². The first-order chi connectivity index (χ1) is 14.7. The number of nitrogens with zero attached hydrogens (tertiary/aromatic N) is 2. The number of aromatic carboxylic acids is 1. The number of hydrogen-bond acceptors (Lipinski definition) is 4. The van der Waals surface area contributed by atoms with Crippen molar-refractivity contribution in [1.29, 1.82) is 0 Å². The second-order valence-corrected chi connectivity index (χ2v) is 8.38. The predicted octanol–water partition coefficient (Wildman–Crippen LogP) is 4.39. The summed E-state index contributed by atoms with van der Waals surface area (Å²) in [4.78, 5) is 26.1. The highest BCUT2D eigenvalue weighted by molar-refractivity contribution is 5.89. The molecule has 1 unspecified atom stereocenters. The van der Waals surface area contributed by atoms with Crippen molar-refractivity contribution in [1.82, 2.24) is 9.80 Å². The Kier molecular flexibility index (Phi) is 6.38. The maximum atomic E-state index is 13.2. The number of hydrogen-bond donors (Lipinski definition) is 1. The molecule has 1 atom stereocenters. The van der Waals surface area contributed by atoms with Crippen molar-refractivity contribution in [3.05, 3.63) is 34.9 Å². The van der Waals surface area contributed by atoms with Gasteiger partial charge in [-0.3, -0.25) is 4.90 Å². The van der Waals surface area contributed by atoms with Crippen LogP contribution in [0.2, 0.25) is 0 Å². The van der Waals surface area contributed by atoms with E-state index in [2.05, 4.69) is 4.74 Å². The van der Waals surface area contributed by atoms with Gasteiger partial charge in [0, 0.05) is 32.7 Å². The molecule has 0 bridgehead atoms. The fourth-order valence-electron chi connectivity index (χ4n) is 4.16. The summed E-state index contributed by atoms with van der Waals surface area (Å²) in [6.45, 7) is 2.58. The molecule has 1 aromatic carbocycles. The van der Waals surface area contributed by atoms with Crippen LogP contribution in [0.15, 0.2) is 18.2 Å². The number of alkyl halides is 6. The summed E-state index contributed by atoms with van der Waals surface area (Å²) in [5.41, 5.74) is -1.82. The lowest BCUT2D eigenvalue weighted by atomic mass is 9.72. The minimum Gasteiger partial charge on any atom is -0.478 e. The van der Waals surface area contributed by atoms with E-state index < -0.39 is 41.6 Å². The van der Waals surface area contributed by atoms with Crippen LogP contribution in [0.1, 0.15) is 41.3 Å². The van der Waals surface area contributed by atoms with E-state index in [0.29, 0.717) is 31.5 Å². The van der Waals surface area contributed by atoms with E-state index in [-0.39, 0.29) is 25.0 Å². The number of likely N-dealkylation sites (tertiary alicyclic amines) is 2. The summed E-state index contributed by atoms with van der Waals surface area (Å²) in [5, 5.41) is 8.97. The average molecular weight is 468 g/mol. The maximum Gasteiger partial charge on any atom is 0.425 e. The molecular weight excluding hydrogens is 446 g/mol. The van der Waals surface area contributed by atoms with Gasteiger partial charge in [0.15, 0.2) is 6.10 Å². The first-order valence-electron chi connectivity index (χ1n) is 9.88. The molecule has 2 saturated heterocycles. The molecule has 1 N–H and O–H groups in total. The highest BCUT2D eigenvalue weighted by atomic mass is 19.4. The van der Waals surface area contributed by atoms with Crippen molar-refractivity contribution in [2.24, 2.45) is 5.41 Å². The number of halogens is 6. The molecule has 2 aliphatic rings. The number of carboxylic acid groups (broad SMARTS) is 1. The van der Waals surface area contributed by atoms with Crippen LogP contribution in [0.3, 0.4) is 0 Å². The fourth-order valence-corrected chi connectivity index (χ4v) is 4.16. The Balaban J connectivity index is 1.53. The predicted molar refractivity (Wildman–Crippen MR) is 98.9 cm³/mol. The third-order valence-electron chi connectivity index (χ3n) is 5.96. The molecule has 2 fully saturated rings. The zero-order chi connectivity index (χ0) is 23.9. The molecule has 2 aliphatic heterocycles. The van der Waals surface area contributed by atoms with Crippen molar-refractivity contribution in [3.8, 4) is 0 Å². The van der Waals surface area contributed by atoms with Gasteiger partial charge >= 0.3 is 24.4 Å². The van der Waals surface area contributed by atoms with E-state index >= 15 is 0 Å². The Morgan fingerprint density at radius 3 is 2.22 bits per heavy atom. The fraction of sp³-hybridized carbons (Fsp3) is 0.600. The van der Waals surface area contributed by atoms with E-state index in [1.165, 1.54) is 11.0 Å². The number of carboxylic acids is 1. The zero-order valence-corrected chi connectivity index (χ0v) is 17.1. The van der Waals surface area contributed by atoms with Gasteiger partial charge in [-0.25, -0.2) is 9.59 Å².